The summed E-state index contributed by atoms with van der Waals surface area (Å²) >= 11 is 0. The van der Waals surface area contributed by atoms with Gasteiger partial charge in [-0.25, -0.2) is 4.79 Å². The molecular weight excluding hydrogens is 280 g/mol. The number of nitrogens with zero attached hydrogens (tertiary/aromatic N) is 2. The van der Waals surface area contributed by atoms with E-state index >= 15 is 0 Å². The fourth-order valence-electron chi connectivity index (χ4n) is 3.96. The highest BCUT2D eigenvalue weighted by Gasteiger charge is 2.42. The highest BCUT2D eigenvalue weighted by Crippen LogP contribution is 2.36. The molecule has 2 aliphatic carbocycles. The molecular formula is C17H28N2O3. The maximum atomic E-state index is 13.0. The highest BCUT2D eigenvalue weighted by molar-refractivity contribution is 5.81. The lowest BCUT2D eigenvalue weighted by atomic mass is 9.95. The van der Waals surface area contributed by atoms with E-state index < -0.39 is 0 Å². The number of carbonyl (C=O) groups excluding carboxylic acids is 2. The van der Waals surface area contributed by atoms with Crippen LogP contribution in [0.1, 0.15) is 58.3 Å². The van der Waals surface area contributed by atoms with Crippen molar-refractivity contribution < 1.29 is 14.3 Å². The number of likely N-dealkylation sites (tertiary alicyclic amines) is 1. The molecule has 0 N–H and O–H groups in total. The summed E-state index contributed by atoms with van der Waals surface area (Å²) in [6.07, 6.45) is 8.70. The van der Waals surface area contributed by atoms with E-state index in [4.69, 9.17) is 4.74 Å². The van der Waals surface area contributed by atoms with Crippen molar-refractivity contribution in [1.82, 2.24) is 9.80 Å². The van der Waals surface area contributed by atoms with Crippen molar-refractivity contribution in [2.24, 2.45) is 5.92 Å². The summed E-state index contributed by atoms with van der Waals surface area (Å²) in [6.45, 7) is 3.46. The molecule has 22 heavy (non-hydrogen) atoms. The van der Waals surface area contributed by atoms with Crippen molar-refractivity contribution in [3.8, 4) is 0 Å². The molecule has 0 aromatic rings. The summed E-state index contributed by atoms with van der Waals surface area (Å²) in [5.41, 5.74) is 0. The van der Waals surface area contributed by atoms with Gasteiger partial charge in [-0.3, -0.25) is 4.79 Å². The normalized spacial score (nSPS) is 26.0. The molecule has 1 heterocycles. The maximum absolute atomic E-state index is 13.0. The second-order valence-electron chi connectivity index (χ2n) is 6.90. The van der Waals surface area contributed by atoms with Gasteiger partial charge in [-0.2, -0.15) is 0 Å². The third kappa shape index (κ3) is 3.39. The van der Waals surface area contributed by atoms with Gasteiger partial charge in [0.25, 0.3) is 0 Å². The molecule has 0 aromatic carbocycles. The molecule has 124 valence electrons. The van der Waals surface area contributed by atoms with Gasteiger partial charge in [-0.1, -0.05) is 12.8 Å². The van der Waals surface area contributed by atoms with Crippen LogP contribution in [0.15, 0.2) is 0 Å². The molecule has 0 spiro atoms. The van der Waals surface area contributed by atoms with Gasteiger partial charge in [0.2, 0.25) is 5.91 Å². The van der Waals surface area contributed by atoms with Crippen molar-refractivity contribution in [1.29, 1.82) is 0 Å². The molecule has 1 saturated heterocycles. The Morgan fingerprint density at radius 2 is 1.73 bits per heavy atom. The zero-order valence-corrected chi connectivity index (χ0v) is 13.6. The van der Waals surface area contributed by atoms with E-state index in [1.165, 1.54) is 12.8 Å². The monoisotopic (exact) mass is 308 g/mol. The Hall–Kier alpha value is -1.26. The number of amides is 2. The van der Waals surface area contributed by atoms with Crippen LogP contribution in [0, 0.1) is 5.92 Å². The molecule has 0 bridgehead atoms. The predicted molar refractivity (Wildman–Crippen MR) is 83.4 cm³/mol. The largest absolute Gasteiger partial charge is 0.450 e. The van der Waals surface area contributed by atoms with E-state index in [9.17, 15) is 9.59 Å². The van der Waals surface area contributed by atoms with Crippen molar-refractivity contribution in [2.75, 3.05) is 19.7 Å². The van der Waals surface area contributed by atoms with Gasteiger partial charge in [0, 0.05) is 25.2 Å². The molecule has 1 atom stereocenters. The highest BCUT2D eigenvalue weighted by atomic mass is 16.6. The molecule has 0 aromatic heterocycles. The molecule has 5 nitrogen and oxygen atoms in total. The zero-order valence-electron chi connectivity index (χ0n) is 13.6. The van der Waals surface area contributed by atoms with Gasteiger partial charge in [0.1, 0.15) is 0 Å². The molecule has 3 rings (SSSR count). The van der Waals surface area contributed by atoms with Crippen LogP contribution in [0.5, 0.6) is 0 Å². The number of carbonyl (C=O) groups is 2. The van der Waals surface area contributed by atoms with Crippen molar-refractivity contribution in [2.45, 2.75) is 70.4 Å². The van der Waals surface area contributed by atoms with Crippen LogP contribution in [0.25, 0.3) is 0 Å². The average Bonchev–Trinajstić information content (AvgIpc) is 3.22. The third-order valence-electron chi connectivity index (χ3n) is 5.21. The van der Waals surface area contributed by atoms with Gasteiger partial charge >= 0.3 is 6.09 Å². The minimum atomic E-state index is -0.265. The fourth-order valence-corrected chi connectivity index (χ4v) is 3.96. The Kier molecular flexibility index (Phi) is 4.89. The van der Waals surface area contributed by atoms with Crippen LogP contribution < -0.4 is 0 Å². The van der Waals surface area contributed by atoms with Crippen LogP contribution in [0.4, 0.5) is 4.79 Å². The van der Waals surface area contributed by atoms with Crippen LogP contribution in [-0.4, -0.2) is 53.6 Å². The standard InChI is InChI=1S/C17H28N2O3/c1-2-22-17(21)18-11-5-6-13(12-18)16(20)19(15-9-10-15)14-7-3-4-8-14/h13-15H,2-12H2,1H3. The van der Waals surface area contributed by atoms with Gasteiger partial charge in [0.05, 0.1) is 12.5 Å². The summed E-state index contributed by atoms with van der Waals surface area (Å²) in [6, 6.07) is 0.937. The van der Waals surface area contributed by atoms with Crippen LogP contribution in [0.3, 0.4) is 0 Å². The molecule has 1 unspecified atom stereocenters. The van der Waals surface area contributed by atoms with E-state index in [2.05, 4.69) is 4.90 Å². The summed E-state index contributed by atoms with van der Waals surface area (Å²) in [5.74, 6) is 0.266. The number of rotatable bonds is 4. The van der Waals surface area contributed by atoms with E-state index in [1.807, 2.05) is 6.92 Å². The minimum Gasteiger partial charge on any atom is -0.450 e. The summed E-state index contributed by atoms with van der Waals surface area (Å²) in [5, 5.41) is 0. The molecule has 1 aliphatic heterocycles. The SMILES string of the molecule is CCOC(=O)N1CCCC(C(=O)N(C2CCCC2)C2CC2)C1. The second-order valence-corrected chi connectivity index (χ2v) is 6.90. The summed E-state index contributed by atoms with van der Waals surface area (Å²) in [7, 11) is 0. The van der Waals surface area contributed by atoms with Crippen LogP contribution in [0.2, 0.25) is 0 Å². The van der Waals surface area contributed by atoms with Gasteiger partial charge in [0.15, 0.2) is 0 Å². The molecule has 5 heteroatoms. The van der Waals surface area contributed by atoms with Crippen LogP contribution >= 0.6 is 0 Å². The Bertz CT molecular complexity index is 416. The van der Waals surface area contributed by atoms with E-state index in [-0.39, 0.29) is 12.0 Å². The first kappa shape index (κ1) is 15.6. The van der Waals surface area contributed by atoms with Crippen molar-refractivity contribution >= 4 is 12.0 Å². The van der Waals surface area contributed by atoms with Crippen molar-refractivity contribution in [3.63, 3.8) is 0 Å². The maximum Gasteiger partial charge on any atom is 0.409 e. The first-order valence-electron chi connectivity index (χ1n) is 8.94. The number of hydrogen-bond acceptors (Lipinski definition) is 3. The smallest absolute Gasteiger partial charge is 0.409 e. The first-order chi connectivity index (χ1) is 10.7. The van der Waals surface area contributed by atoms with Crippen LogP contribution in [-0.2, 0) is 9.53 Å². The lowest BCUT2D eigenvalue weighted by Crippen LogP contribution is -2.50. The lowest BCUT2D eigenvalue weighted by molar-refractivity contribution is -0.140. The zero-order chi connectivity index (χ0) is 15.5. The molecule has 2 amide bonds. The lowest BCUT2D eigenvalue weighted by Gasteiger charge is -2.37. The molecule has 3 aliphatic rings. The topological polar surface area (TPSA) is 49.9 Å². The van der Waals surface area contributed by atoms with Crippen molar-refractivity contribution in [3.05, 3.63) is 0 Å². The van der Waals surface area contributed by atoms with Gasteiger partial charge in [-0.15, -0.1) is 0 Å². The Balaban J connectivity index is 1.63. The van der Waals surface area contributed by atoms with E-state index in [1.54, 1.807) is 4.90 Å². The first-order valence-corrected chi connectivity index (χ1v) is 8.94. The quantitative estimate of drug-likeness (QED) is 0.802. The molecule has 0 radical (unpaired) electrons. The number of hydrogen-bond donors (Lipinski definition) is 0. The fraction of sp³-hybridized carbons (Fsp3) is 0.882. The van der Waals surface area contributed by atoms with Gasteiger partial charge < -0.3 is 14.5 Å². The molecule has 3 fully saturated rings. The Morgan fingerprint density at radius 1 is 1.05 bits per heavy atom. The second kappa shape index (κ2) is 6.88. The van der Waals surface area contributed by atoms with Gasteiger partial charge in [-0.05, 0) is 45.4 Å². The number of ether oxygens (including phenoxy) is 1. The number of piperidine rings is 1. The molecule has 2 saturated carbocycles. The predicted octanol–water partition coefficient (Wildman–Crippen LogP) is 2.79. The minimum absolute atomic E-state index is 0.0284. The van der Waals surface area contributed by atoms with E-state index in [0.29, 0.717) is 31.1 Å². The summed E-state index contributed by atoms with van der Waals surface area (Å²) in [4.78, 5) is 28.9. The average molecular weight is 308 g/mol. The van der Waals surface area contributed by atoms with E-state index in [0.717, 1.165) is 45.1 Å². The summed E-state index contributed by atoms with van der Waals surface area (Å²) < 4.78 is 5.09. The Morgan fingerprint density at radius 3 is 2.36 bits per heavy atom. The Labute approximate surface area is 133 Å². The third-order valence-corrected chi connectivity index (χ3v) is 5.21.